The third kappa shape index (κ3) is 3.99. The SMILES string of the molecule is Cc1c(Br)c(-c2ccc(Cl)c(Cl)c2)c(C(=O)O)c(=O)n1Cc1ccc(C#N)cc1F. The molecule has 1 heterocycles. The van der Waals surface area contributed by atoms with E-state index < -0.39 is 22.9 Å². The van der Waals surface area contributed by atoms with Crippen molar-refractivity contribution in [2.24, 2.45) is 0 Å². The predicted molar refractivity (Wildman–Crippen MR) is 116 cm³/mol. The quantitative estimate of drug-likeness (QED) is 0.492. The smallest absolute Gasteiger partial charge is 0.342 e. The van der Waals surface area contributed by atoms with Crippen LogP contribution >= 0.6 is 39.1 Å². The lowest BCUT2D eigenvalue weighted by atomic mass is 9.99. The number of hydrogen-bond acceptors (Lipinski definition) is 3. The number of carbonyl (C=O) groups is 1. The van der Waals surface area contributed by atoms with Crippen LogP contribution in [-0.4, -0.2) is 15.6 Å². The first kappa shape index (κ1) is 22.0. The molecule has 30 heavy (non-hydrogen) atoms. The van der Waals surface area contributed by atoms with E-state index in [1.54, 1.807) is 13.0 Å². The van der Waals surface area contributed by atoms with Crippen molar-refractivity contribution in [2.75, 3.05) is 0 Å². The van der Waals surface area contributed by atoms with E-state index >= 15 is 0 Å². The van der Waals surface area contributed by atoms with Crippen molar-refractivity contribution in [3.8, 4) is 17.2 Å². The number of carboxylic acid groups (broad SMARTS) is 1. The molecule has 0 saturated carbocycles. The van der Waals surface area contributed by atoms with Crippen molar-refractivity contribution in [3.63, 3.8) is 0 Å². The Kier molecular flexibility index (Phi) is 6.32. The van der Waals surface area contributed by atoms with Gasteiger partial charge in [0.15, 0.2) is 0 Å². The fraction of sp³-hybridized carbons (Fsp3) is 0.0952. The predicted octanol–water partition coefficient (Wildman–Crippen LogP) is 5.65. The highest BCUT2D eigenvalue weighted by molar-refractivity contribution is 9.10. The summed E-state index contributed by atoms with van der Waals surface area (Å²) in [5, 5.41) is 19.1. The van der Waals surface area contributed by atoms with Crippen molar-refractivity contribution in [1.29, 1.82) is 5.26 Å². The van der Waals surface area contributed by atoms with Crippen LogP contribution in [0.4, 0.5) is 4.39 Å². The monoisotopic (exact) mass is 508 g/mol. The average molecular weight is 510 g/mol. The van der Waals surface area contributed by atoms with Crippen LogP contribution < -0.4 is 5.56 Å². The number of halogens is 4. The van der Waals surface area contributed by atoms with E-state index in [1.165, 1.54) is 28.8 Å². The number of aromatic nitrogens is 1. The van der Waals surface area contributed by atoms with Gasteiger partial charge < -0.3 is 9.67 Å². The van der Waals surface area contributed by atoms with Gasteiger partial charge in [0.25, 0.3) is 5.56 Å². The van der Waals surface area contributed by atoms with Crippen LogP contribution in [0.1, 0.15) is 27.2 Å². The summed E-state index contributed by atoms with van der Waals surface area (Å²) in [6.07, 6.45) is 0. The van der Waals surface area contributed by atoms with Crippen LogP contribution in [0.15, 0.2) is 45.7 Å². The largest absolute Gasteiger partial charge is 0.477 e. The molecule has 0 unspecified atom stereocenters. The number of pyridine rings is 1. The Bertz CT molecular complexity index is 1300. The number of hydrogen-bond donors (Lipinski definition) is 1. The molecule has 0 saturated heterocycles. The number of nitrogens with zero attached hydrogens (tertiary/aromatic N) is 2. The molecule has 9 heteroatoms. The molecule has 0 atom stereocenters. The summed E-state index contributed by atoms with van der Waals surface area (Å²) in [5.74, 6) is -2.10. The summed E-state index contributed by atoms with van der Waals surface area (Å²) >= 11 is 15.4. The minimum absolute atomic E-state index is 0.141. The van der Waals surface area contributed by atoms with Gasteiger partial charge in [-0.3, -0.25) is 4.79 Å². The average Bonchev–Trinajstić information content (AvgIpc) is 2.70. The second-order valence-corrected chi connectivity index (χ2v) is 8.00. The lowest BCUT2D eigenvalue weighted by Gasteiger charge is -2.18. The Labute approximate surface area is 189 Å². The van der Waals surface area contributed by atoms with Gasteiger partial charge in [-0.15, -0.1) is 0 Å². The van der Waals surface area contributed by atoms with Gasteiger partial charge in [0, 0.05) is 21.3 Å². The Hall–Kier alpha value is -2.66. The van der Waals surface area contributed by atoms with Gasteiger partial charge in [0.2, 0.25) is 0 Å². The number of benzene rings is 2. The zero-order valence-electron chi connectivity index (χ0n) is 15.3. The highest BCUT2D eigenvalue weighted by Gasteiger charge is 2.25. The molecule has 0 spiro atoms. The van der Waals surface area contributed by atoms with Gasteiger partial charge in [-0.1, -0.05) is 35.3 Å². The Morgan fingerprint density at radius 2 is 1.93 bits per heavy atom. The summed E-state index contributed by atoms with van der Waals surface area (Å²) in [5.41, 5.74) is -0.0547. The summed E-state index contributed by atoms with van der Waals surface area (Å²) < 4.78 is 15.9. The maximum atomic E-state index is 14.4. The van der Waals surface area contributed by atoms with Crippen molar-refractivity contribution < 1.29 is 14.3 Å². The lowest BCUT2D eigenvalue weighted by molar-refractivity contribution is 0.0695. The molecule has 0 aliphatic heterocycles. The molecule has 152 valence electrons. The fourth-order valence-corrected chi connectivity index (χ4v) is 3.97. The molecular weight excluding hydrogens is 498 g/mol. The van der Waals surface area contributed by atoms with E-state index in [9.17, 15) is 19.1 Å². The minimum atomic E-state index is -1.43. The first-order valence-electron chi connectivity index (χ1n) is 8.45. The van der Waals surface area contributed by atoms with Crippen molar-refractivity contribution in [2.45, 2.75) is 13.5 Å². The second kappa shape index (κ2) is 8.60. The first-order valence-corrected chi connectivity index (χ1v) is 10.0. The van der Waals surface area contributed by atoms with E-state index in [-0.39, 0.29) is 33.3 Å². The van der Waals surface area contributed by atoms with Crippen molar-refractivity contribution in [3.05, 3.63) is 89.5 Å². The molecule has 3 aromatic rings. The van der Waals surface area contributed by atoms with Crippen LogP contribution in [0.2, 0.25) is 10.0 Å². The number of nitriles is 1. The van der Waals surface area contributed by atoms with Gasteiger partial charge in [-0.25, -0.2) is 9.18 Å². The van der Waals surface area contributed by atoms with Crippen LogP contribution in [0.25, 0.3) is 11.1 Å². The van der Waals surface area contributed by atoms with Crippen molar-refractivity contribution in [1.82, 2.24) is 4.57 Å². The molecule has 0 amide bonds. The molecule has 0 radical (unpaired) electrons. The zero-order valence-corrected chi connectivity index (χ0v) is 18.4. The van der Waals surface area contributed by atoms with Gasteiger partial charge >= 0.3 is 5.97 Å². The van der Waals surface area contributed by atoms with Crippen molar-refractivity contribution >= 4 is 45.1 Å². The third-order valence-corrected chi connectivity index (χ3v) is 6.29. The van der Waals surface area contributed by atoms with Crippen LogP contribution in [0.3, 0.4) is 0 Å². The maximum absolute atomic E-state index is 14.4. The third-order valence-electron chi connectivity index (χ3n) is 4.58. The first-order chi connectivity index (χ1) is 14.1. The summed E-state index contributed by atoms with van der Waals surface area (Å²) in [6, 6.07) is 10.3. The van der Waals surface area contributed by atoms with Gasteiger partial charge in [0.05, 0.1) is 28.2 Å². The van der Waals surface area contributed by atoms with Gasteiger partial charge in [-0.2, -0.15) is 5.26 Å². The Morgan fingerprint density at radius 1 is 1.23 bits per heavy atom. The molecular formula is C21H12BrCl2FN2O3. The van der Waals surface area contributed by atoms with Gasteiger partial charge in [-0.05, 0) is 52.7 Å². The molecule has 0 aliphatic carbocycles. The molecule has 0 bridgehead atoms. The van der Waals surface area contributed by atoms with Crippen LogP contribution in [-0.2, 0) is 6.54 Å². The summed E-state index contributed by atoms with van der Waals surface area (Å²) in [7, 11) is 0. The Balaban J connectivity index is 2.25. The molecule has 1 N–H and O–H groups in total. The fourth-order valence-electron chi connectivity index (χ4n) is 3.03. The minimum Gasteiger partial charge on any atom is -0.477 e. The summed E-state index contributed by atoms with van der Waals surface area (Å²) in [4.78, 5) is 25.1. The van der Waals surface area contributed by atoms with E-state index in [4.69, 9.17) is 28.5 Å². The normalized spacial score (nSPS) is 10.7. The lowest BCUT2D eigenvalue weighted by Crippen LogP contribution is -2.30. The summed E-state index contributed by atoms with van der Waals surface area (Å²) in [6.45, 7) is 1.41. The molecule has 3 rings (SSSR count). The van der Waals surface area contributed by atoms with E-state index in [0.717, 1.165) is 6.07 Å². The molecule has 2 aromatic carbocycles. The van der Waals surface area contributed by atoms with E-state index in [2.05, 4.69) is 15.9 Å². The molecule has 0 aliphatic rings. The van der Waals surface area contributed by atoms with E-state index in [1.807, 2.05) is 6.07 Å². The molecule has 1 aromatic heterocycles. The zero-order chi connectivity index (χ0) is 22.2. The topological polar surface area (TPSA) is 83.1 Å². The van der Waals surface area contributed by atoms with Crippen LogP contribution in [0, 0.1) is 24.1 Å². The van der Waals surface area contributed by atoms with Gasteiger partial charge in [0.1, 0.15) is 11.4 Å². The highest BCUT2D eigenvalue weighted by atomic mass is 79.9. The van der Waals surface area contributed by atoms with Crippen LogP contribution in [0.5, 0.6) is 0 Å². The second-order valence-electron chi connectivity index (χ2n) is 6.39. The standard InChI is InChI=1S/C21H12BrCl2FN2O3/c1-10-19(22)17(12-4-5-14(23)15(24)7-12)18(21(29)30)20(28)27(10)9-13-3-2-11(8-26)6-16(13)25/h2-7H,9H2,1H3,(H,29,30). The van der Waals surface area contributed by atoms with E-state index in [0.29, 0.717) is 15.7 Å². The number of carboxylic acids is 1. The number of rotatable bonds is 4. The maximum Gasteiger partial charge on any atom is 0.342 e. The number of aromatic carboxylic acids is 1. The molecule has 5 nitrogen and oxygen atoms in total. The molecule has 0 fully saturated rings. The highest BCUT2D eigenvalue weighted by Crippen LogP contribution is 2.36. The Morgan fingerprint density at radius 3 is 2.50 bits per heavy atom.